The second kappa shape index (κ2) is 5.52. The van der Waals surface area contributed by atoms with Crippen LogP contribution < -0.4 is 10.2 Å². The number of hydroxylamine groups is 1. The van der Waals surface area contributed by atoms with E-state index >= 15 is 0 Å². The standard InChI is InChI=1S/C14H21NO2/c1-10(2)9-17-15-11(3)12-4-5-14-13(8-12)6-7-16-14/h4-5,8,10-11,15H,6-7,9H2,1-3H3. The van der Waals surface area contributed by atoms with Gasteiger partial charge in [-0.2, -0.15) is 5.48 Å². The Labute approximate surface area is 103 Å². The number of rotatable bonds is 5. The minimum Gasteiger partial charge on any atom is -0.493 e. The Morgan fingerprint density at radius 2 is 2.18 bits per heavy atom. The predicted octanol–water partition coefficient (Wildman–Crippen LogP) is 2.86. The average molecular weight is 235 g/mol. The summed E-state index contributed by atoms with van der Waals surface area (Å²) in [6.45, 7) is 7.93. The average Bonchev–Trinajstić information content (AvgIpc) is 2.75. The zero-order valence-corrected chi connectivity index (χ0v) is 10.8. The molecule has 0 radical (unpaired) electrons. The third kappa shape index (κ3) is 3.20. The van der Waals surface area contributed by atoms with E-state index in [2.05, 4.69) is 44.5 Å². The fourth-order valence-corrected chi connectivity index (χ4v) is 1.88. The van der Waals surface area contributed by atoms with E-state index < -0.39 is 0 Å². The van der Waals surface area contributed by atoms with Gasteiger partial charge in [0.2, 0.25) is 0 Å². The van der Waals surface area contributed by atoms with Gasteiger partial charge in [0.15, 0.2) is 0 Å². The van der Waals surface area contributed by atoms with Gasteiger partial charge in [-0.1, -0.05) is 26.0 Å². The van der Waals surface area contributed by atoms with Crippen LogP contribution in [0.1, 0.15) is 37.9 Å². The molecule has 0 bridgehead atoms. The number of hydrogen-bond acceptors (Lipinski definition) is 3. The highest BCUT2D eigenvalue weighted by Gasteiger charge is 2.14. The molecular formula is C14H21NO2. The fourth-order valence-electron chi connectivity index (χ4n) is 1.88. The fraction of sp³-hybridized carbons (Fsp3) is 0.571. The van der Waals surface area contributed by atoms with Crippen LogP contribution in [-0.2, 0) is 11.3 Å². The SMILES string of the molecule is CC(C)CONC(C)c1ccc2c(c1)CCO2. The molecule has 1 atom stereocenters. The van der Waals surface area contributed by atoms with Crippen LogP contribution in [0.25, 0.3) is 0 Å². The molecule has 0 spiro atoms. The summed E-state index contributed by atoms with van der Waals surface area (Å²) in [5, 5.41) is 0. The molecule has 1 aromatic carbocycles. The lowest BCUT2D eigenvalue weighted by molar-refractivity contribution is 0.00408. The molecule has 1 aliphatic heterocycles. The Bertz CT molecular complexity index is 376. The van der Waals surface area contributed by atoms with Gasteiger partial charge >= 0.3 is 0 Å². The maximum Gasteiger partial charge on any atom is 0.122 e. The summed E-state index contributed by atoms with van der Waals surface area (Å²) in [4.78, 5) is 5.45. The van der Waals surface area contributed by atoms with Crippen LogP contribution in [0.3, 0.4) is 0 Å². The van der Waals surface area contributed by atoms with Crippen molar-refractivity contribution in [3.8, 4) is 5.75 Å². The molecule has 3 nitrogen and oxygen atoms in total. The molecule has 1 aromatic rings. The van der Waals surface area contributed by atoms with Gasteiger partial charge in [0.05, 0.1) is 19.3 Å². The van der Waals surface area contributed by atoms with Gasteiger partial charge < -0.3 is 9.57 Å². The molecule has 0 aliphatic carbocycles. The highest BCUT2D eigenvalue weighted by atomic mass is 16.6. The number of hydrogen-bond donors (Lipinski definition) is 1. The van der Waals surface area contributed by atoms with Crippen molar-refractivity contribution in [3.05, 3.63) is 29.3 Å². The van der Waals surface area contributed by atoms with Gasteiger partial charge in [-0.25, -0.2) is 0 Å². The monoisotopic (exact) mass is 235 g/mol. The summed E-state index contributed by atoms with van der Waals surface area (Å²) >= 11 is 0. The molecule has 0 saturated carbocycles. The first kappa shape index (κ1) is 12.4. The molecule has 0 amide bonds. The summed E-state index contributed by atoms with van der Waals surface area (Å²) in [7, 11) is 0. The van der Waals surface area contributed by atoms with E-state index in [1.54, 1.807) is 0 Å². The maximum atomic E-state index is 5.49. The minimum absolute atomic E-state index is 0.208. The molecule has 1 heterocycles. The quantitative estimate of drug-likeness (QED) is 0.796. The summed E-state index contributed by atoms with van der Waals surface area (Å²) in [5.41, 5.74) is 5.63. The van der Waals surface area contributed by atoms with Crippen molar-refractivity contribution in [2.45, 2.75) is 33.2 Å². The zero-order valence-electron chi connectivity index (χ0n) is 10.8. The van der Waals surface area contributed by atoms with Crippen LogP contribution in [-0.4, -0.2) is 13.2 Å². The molecule has 3 heteroatoms. The number of nitrogens with one attached hydrogen (secondary N) is 1. The largest absolute Gasteiger partial charge is 0.493 e. The first-order valence-electron chi connectivity index (χ1n) is 6.29. The highest BCUT2D eigenvalue weighted by molar-refractivity contribution is 5.40. The number of fused-ring (bicyclic) bond motifs is 1. The smallest absolute Gasteiger partial charge is 0.122 e. The predicted molar refractivity (Wildman–Crippen MR) is 68.0 cm³/mol. The summed E-state index contributed by atoms with van der Waals surface area (Å²) in [6.07, 6.45) is 1.02. The van der Waals surface area contributed by atoms with Gasteiger partial charge in [0.25, 0.3) is 0 Å². The van der Waals surface area contributed by atoms with Crippen molar-refractivity contribution < 1.29 is 9.57 Å². The minimum atomic E-state index is 0.208. The van der Waals surface area contributed by atoms with Gasteiger partial charge in [0, 0.05) is 6.42 Å². The lowest BCUT2D eigenvalue weighted by Crippen LogP contribution is -2.21. The first-order valence-corrected chi connectivity index (χ1v) is 6.29. The maximum absolute atomic E-state index is 5.49. The Hall–Kier alpha value is -1.06. The third-order valence-electron chi connectivity index (χ3n) is 2.89. The Balaban J connectivity index is 1.92. The van der Waals surface area contributed by atoms with Gasteiger partial charge in [-0.15, -0.1) is 0 Å². The lowest BCUT2D eigenvalue weighted by Gasteiger charge is -2.16. The second-order valence-corrected chi connectivity index (χ2v) is 5.01. The van der Waals surface area contributed by atoms with Crippen molar-refractivity contribution in [1.29, 1.82) is 0 Å². The lowest BCUT2D eigenvalue weighted by atomic mass is 10.0. The van der Waals surface area contributed by atoms with Crippen LogP contribution in [0, 0.1) is 5.92 Å². The van der Waals surface area contributed by atoms with E-state index in [1.165, 1.54) is 11.1 Å². The van der Waals surface area contributed by atoms with Crippen molar-refractivity contribution in [2.24, 2.45) is 5.92 Å². The molecular weight excluding hydrogens is 214 g/mol. The molecule has 1 unspecified atom stereocenters. The molecule has 94 valence electrons. The second-order valence-electron chi connectivity index (χ2n) is 5.01. The van der Waals surface area contributed by atoms with E-state index in [0.717, 1.165) is 25.4 Å². The van der Waals surface area contributed by atoms with Gasteiger partial charge in [-0.3, -0.25) is 0 Å². The Kier molecular flexibility index (Phi) is 4.02. The number of benzene rings is 1. The third-order valence-corrected chi connectivity index (χ3v) is 2.89. The van der Waals surface area contributed by atoms with Crippen molar-refractivity contribution in [2.75, 3.05) is 13.2 Å². The van der Waals surface area contributed by atoms with Crippen LogP contribution in [0.2, 0.25) is 0 Å². The molecule has 2 rings (SSSR count). The summed E-state index contributed by atoms with van der Waals surface area (Å²) in [5.74, 6) is 1.58. The Morgan fingerprint density at radius 3 is 2.94 bits per heavy atom. The van der Waals surface area contributed by atoms with E-state index in [4.69, 9.17) is 9.57 Å². The van der Waals surface area contributed by atoms with Crippen LogP contribution in [0.5, 0.6) is 5.75 Å². The number of ether oxygens (including phenoxy) is 1. The normalized spacial score (nSPS) is 15.8. The van der Waals surface area contributed by atoms with Crippen molar-refractivity contribution in [3.63, 3.8) is 0 Å². The van der Waals surface area contributed by atoms with E-state index in [-0.39, 0.29) is 6.04 Å². The van der Waals surface area contributed by atoms with Crippen molar-refractivity contribution in [1.82, 2.24) is 5.48 Å². The first-order chi connectivity index (χ1) is 8.16. The molecule has 1 aliphatic rings. The molecule has 0 fully saturated rings. The molecule has 0 aromatic heterocycles. The molecule has 1 N–H and O–H groups in total. The van der Waals surface area contributed by atoms with E-state index in [1.807, 2.05) is 0 Å². The summed E-state index contributed by atoms with van der Waals surface area (Å²) < 4.78 is 5.49. The van der Waals surface area contributed by atoms with Crippen LogP contribution in [0.15, 0.2) is 18.2 Å². The highest BCUT2D eigenvalue weighted by Crippen LogP contribution is 2.28. The molecule has 0 saturated heterocycles. The van der Waals surface area contributed by atoms with Gasteiger partial charge in [0.1, 0.15) is 5.75 Å². The zero-order chi connectivity index (χ0) is 12.3. The van der Waals surface area contributed by atoms with Gasteiger partial charge in [-0.05, 0) is 30.0 Å². The summed E-state index contributed by atoms with van der Waals surface area (Å²) in [6, 6.07) is 6.57. The van der Waals surface area contributed by atoms with E-state index in [0.29, 0.717) is 5.92 Å². The van der Waals surface area contributed by atoms with E-state index in [9.17, 15) is 0 Å². The topological polar surface area (TPSA) is 30.5 Å². The Morgan fingerprint density at radius 1 is 1.35 bits per heavy atom. The van der Waals surface area contributed by atoms with Crippen LogP contribution >= 0.6 is 0 Å². The van der Waals surface area contributed by atoms with Crippen molar-refractivity contribution >= 4 is 0 Å². The van der Waals surface area contributed by atoms with Crippen LogP contribution in [0.4, 0.5) is 0 Å². The molecule has 17 heavy (non-hydrogen) atoms.